The molecule has 0 aliphatic rings. The zero-order chi connectivity index (χ0) is 16.5. The third kappa shape index (κ3) is 6.19. The lowest BCUT2D eigenvalue weighted by Crippen LogP contribution is -2.44. The number of imide groups is 1. The van der Waals surface area contributed by atoms with Gasteiger partial charge in [0, 0.05) is 19.7 Å². The molecule has 1 atom stereocenters. The number of hydrogen-bond donors (Lipinski definition) is 2. The number of likely N-dealkylation sites (N-methyl/N-ethyl adjacent to an activating group) is 1. The summed E-state index contributed by atoms with van der Waals surface area (Å²) in [6, 6.07) is 5.47. The summed E-state index contributed by atoms with van der Waals surface area (Å²) in [4.78, 5) is 25.0. The number of rotatable bonds is 7. The van der Waals surface area contributed by atoms with E-state index in [4.69, 9.17) is 4.74 Å². The van der Waals surface area contributed by atoms with Crippen molar-refractivity contribution in [1.29, 1.82) is 0 Å². The van der Waals surface area contributed by atoms with E-state index >= 15 is 0 Å². The molecule has 1 unspecified atom stereocenters. The molecule has 0 aliphatic carbocycles. The van der Waals surface area contributed by atoms with E-state index in [2.05, 4.69) is 10.6 Å². The van der Waals surface area contributed by atoms with Crippen LogP contribution in [0.1, 0.15) is 18.5 Å². The minimum Gasteiger partial charge on any atom is -0.383 e. The number of amides is 3. The molecule has 0 heterocycles. The van der Waals surface area contributed by atoms with Gasteiger partial charge < -0.3 is 10.1 Å². The van der Waals surface area contributed by atoms with Crippen LogP contribution < -0.4 is 10.6 Å². The molecule has 0 spiro atoms. The van der Waals surface area contributed by atoms with Crippen LogP contribution in [0.3, 0.4) is 0 Å². The second kappa shape index (κ2) is 9.11. The summed E-state index contributed by atoms with van der Waals surface area (Å²) < 4.78 is 17.7. The van der Waals surface area contributed by atoms with Gasteiger partial charge in [0.05, 0.1) is 13.2 Å². The minimum atomic E-state index is -0.551. The average Bonchev–Trinajstić information content (AvgIpc) is 2.47. The molecule has 6 nitrogen and oxygen atoms in total. The van der Waals surface area contributed by atoms with E-state index < -0.39 is 11.9 Å². The molecule has 0 fully saturated rings. The van der Waals surface area contributed by atoms with Crippen molar-refractivity contribution in [3.8, 4) is 0 Å². The zero-order valence-electron chi connectivity index (χ0n) is 13.1. The molecule has 0 aliphatic heterocycles. The first-order valence-corrected chi connectivity index (χ1v) is 6.96. The summed E-state index contributed by atoms with van der Waals surface area (Å²) in [5, 5.41) is 4.74. The van der Waals surface area contributed by atoms with Gasteiger partial charge in [0.15, 0.2) is 0 Å². The van der Waals surface area contributed by atoms with E-state index in [-0.39, 0.29) is 18.4 Å². The van der Waals surface area contributed by atoms with Gasteiger partial charge in [-0.2, -0.15) is 0 Å². The van der Waals surface area contributed by atoms with Gasteiger partial charge >= 0.3 is 6.03 Å². The van der Waals surface area contributed by atoms with Crippen LogP contribution in [0, 0.1) is 5.82 Å². The number of carbonyl (C=O) groups excluding carboxylic acids is 2. The zero-order valence-corrected chi connectivity index (χ0v) is 13.1. The van der Waals surface area contributed by atoms with Crippen molar-refractivity contribution in [2.45, 2.75) is 13.0 Å². The normalized spacial score (nSPS) is 12.0. The van der Waals surface area contributed by atoms with E-state index in [1.165, 1.54) is 19.2 Å². The standard InChI is InChI=1S/C15H22FN3O3/c1-11(12-4-6-13(16)7-5-12)19(2)10-14(20)18-15(21)17-8-9-22-3/h4-7,11H,8-10H2,1-3H3,(H2,17,18,20,21). The highest BCUT2D eigenvalue weighted by molar-refractivity contribution is 5.95. The fraction of sp³-hybridized carbons (Fsp3) is 0.467. The van der Waals surface area contributed by atoms with Crippen molar-refractivity contribution in [3.63, 3.8) is 0 Å². The molecule has 0 aromatic heterocycles. The molecule has 1 aromatic carbocycles. The van der Waals surface area contributed by atoms with Crippen molar-refractivity contribution < 1.29 is 18.7 Å². The van der Waals surface area contributed by atoms with Crippen LogP contribution in [-0.2, 0) is 9.53 Å². The highest BCUT2D eigenvalue weighted by atomic mass is 19.1. The van der Waals surface area contributed by atoms with Crippen LogP contribution in [0.2, 0.25) is 0 Å². The Labute approximate surface area is 129 Å². The summed E-state index contributed by atoms with van der Waals surface area (Å²) >= 11 is 0. The molecule has 1 aromatic rings. The van der Waals surface area contributed by atoms with Crippen molar-refractivity contribution >= 4 is 11.9 Å². The molecule has 122 valence electrons. The monoisotopic (exact) mass is 311 g/mol. The lowest BCUT2D eigenvalue weighted by Gasteiger charge is -2.24. The summed E-state index contributed by atoms with van der Waals surface area (Å²) in [5.74, 6) is -0.713. The van der Waals surface area contributed by atoms with Crippen LogP contribution in [0.4, 0.5) is 9.18 Å². The number of urea groups is 1. The second-order valence-corrected chi connectivity index (χ2v) is 4.94. The van der Waals surface area contributed by atoms with Crippen molar-refractivity contribution in [3.05, 3.63) is 35.6 Å². The Kier molecular flexibility index (Phi) is 7.48. The summed E-state index contributed by atoms with van der Waals surface area (Å²) in [6.07, 6.45) is 0. The summed E-state index contributed by atoms with van der Waals surface area (Å²) in [7, 11) is 3.28. The van der Waals surface area contributed by atoms with Gasteiger partial charge in [-0.15, -0.1) is 0 Å². The molecule has 2 N–H and O–H groups in total. The van der Waals surface area contributed by atoms with Crippen LogP contribution in [0.15, 0.2) is 24.3 Å². The van der Waals surface area contributed by atoms with Crippen LogP contribution in [-0.4, -0.2) is 50.7 Å². The first-order chi connectivity index (χ1) is 10.4. The fourth-order valence-corrected chi connectivity index (χ4v) is 1.84. The number of methoxy groups -OCH3 is 1. The predicted molar refractivity (Wildman–Crippen MR) is 80.9 cm³/mol. The average molecular weight is 311 g/mol. The van der Waals surface area contributed by atoms with Crippen molar-refractivity contribution in [2.75, 3.05) is 33.9 Å². The second-order valence-electron chi connectivity index (χ2n) is 4.94. The Morgan fingerprint density at radius 1 is 1.32 bits per heavy atom. The van der Waals surface area contributed by atoms with Crippen LogP contribution >= 0.6 is 0 Å². The predicted octanol–water partition coefficient (Wildman–Crippen LogP) is 1.29. The Morgan fingerprint density at radius 3 is 2.55 bits per heavy atom. The van der Waals surface area contributed by atoms with Gasteiger partial charge in [0.1, 0.15) is 5.82 Å². The molecule has 0 saturated carbocycles. The maximum absolute atomic E-state index is 12.9. The van der Waals surface area contributed by atoms with Crippen molar-refractivity contribution in [1.82, 2.24) is 15.5 Å². The van der Waals surface area contributed by atoms with E-state index in [9.17, 15) is 14.0 Å². The third-order valence-corrected chi connectivity index (χ3v) is 3.25. The van der Waals surface area contributed by atoms with E-state index in [1.54, 1.807) is 24.1 Å². The van der Waals surface area contributed by atoms with E-state index in [0.29, 0.717) is 13.2 Å². The smallest absolute Gasteiger partial charge is 0.321 e. The molecule has 0 bridgehead atoms. The molecule has 3 amide bonds. The Bertz CT molecular complexity index is 493. The number of halogens is 1. The number of ether oxygens (including phenoxy) is 1. The van der Waals surface area contributed by atoms with Crippen molar-refractivity contribution in [2.24, 2.45) is 0 Å². The van der Waals surface area contributed by atoms with E-state index in [0.717, 1.165) is 5.56 Å². The van der Waals surface area contributed by atoms with Gasteiger partial charge in [0.25, 0.3) is 0 Å². The van der Waals surface area contributed by atoms with Gasteiger partial charge in [0.2, 0.25) is 5.91 Å². The van der Waals surface area contributed by atoms with Gasteiger partial charge in [-0.1, -0.05) is 12.1 Å². The van der Waals surface area contributed by atoms with Crippen LogP contribution in [0.25, 0.3) is 0 Å². The molecular formula is C15H22FN3O3. The van der Waals surface area contributed by atoms with Gasteiger partial charge in [-0.05, 0) is 31.7 Å². The highest BCUT2D eigenvalue weighted by Crippen LogP contribution is 2.18. The van der Waals surface area contributed by atoms with Gasteiger partial charge in [-0.25, -0.2) is 9.18 Å². The third-order valence-electron chi connectivity index (χ3n) is 3.25. The van der Waals surface area contributed by atoms with Gasteiger partial charge in [-0.3, -0.25) is 15.0 Å². The number of carbonyl (C=O) groups is 2. The maximum Gasteiger partial charge on any atom is 0.321 e. The maximum atomic E-state index is 12.9. The quantitative estimate of drug-likeness (QED) is 0.745. The lowest BCUT2D eigenvalue weighted by atomic mass is 10.1. The minimum absolute atomic E-state index is 0.0518. The number of benzene rings is 1. The molecule has 22 heavy (non-hydrogen) atoms. The first-order valence-electron chi connectivity index (χ1n) is 6.96. The number of nitrogens with zero attached hydrogens (tertiary/aromatic N) is 1. The largest absolute Gasteiger partial charge is 0.383 e. The topological polar surface area (TPSA) is 70.7 Å². The number of nitrogens with one attached hydrogen (secondary N) is 2. The van der Waals surface area contributed by atoms with Crippen LogP contribution in [0.5, 0.6) is 0 Å². The highest BCUT2D eigenvalue weighted by Gasteiger charge is 2.16. The SMILES string of the molecule is COCCNC(=O)NC(=O)CN(C)C(C)c1ccc(F)cc1. The number of hydrogen-bond acceptors (Lipinski definition) is 4. The fourth-order valence-electron chi connectivity index (χ4n) is 1.84. The Morgan fingerprint density at radius 2 is 1.95 bits per heavy atom. The molecule has 0 radical (unpaired) electrons. The molecule has 1 rings (SSSR count). The summed E-state index contributed by atoms with van der Waals surface area (Å²) in [5.41, 5.74) is 0.890. The molecule has 0 saturated heterocycles. The Hall–Kier alpha value is -1.99. The summed E-state index contributed by atoms with van der Waals surface area (Å²) in [6.45, 7) is 2.66. The Balaban J connectivity index is 2.42. The lowest BCUT2D eigenvalue weighted by molar-refractivity contribution is -0.121. The molecule has 7 heteroatoms. The molecular weight excluding hydrogens is 289 g/mol. The first kappa shape index (κ1) is 18.1. The van der Waals surface area contributed by atoms with E-state index in [1.807, 2.05) is 6.92 Å².